The molecule has 1 aliphatic rings. The van der Waals surface area contributed by atoms with Crippen molar-refractivity contribution in [2.75, 3.05) is 13.1 Å². The van der Waals surface area contributed by atoms with E-state index >= 15 is 0 Å². The van der Waals surface area contributed by atoms with Gasteiger partial charge >= 0.3 is 0 Å². The fraction of sp³-hybridized carbons (Fsp3) is 0.227. The molecule has 5 nitrogen and oxygen atoms in total. The molecular formula is C22H21FN2O3S. The first kappa shape index (κ1) is 20.8. The summed E-state index contributed by atoms with van der Waals surface area (Å²) >= 11 is 0.839. The number of hydrogen-bond acceptors (Lipinski definition) is 4. The predicted molar refractivity (Wildman–Crippen MR) is 112 cm³/mol. The van der Waals surface area contributed by atoms with Crippen molar-refractivity contribution in [3.8, 4) is 0 Å². The second-order valence-electron chi connectivity index (χ2n) is 6.55. The molecule has 3 rings (SSSR count). The summed E-state index contributed by atoms with van der Waals surface area (Å²) in [6.07, 6.45) is 2.21. The monoisotopic (exact) mass is 412 g/mol. The summed E-state index contributed by atoms with van der Waals surface area (Å²) in [7, 11) is 0. The van der Waals surface area contributed by atoms with E-state index in [0.717, 1.165) is 22.2 Å². The van der Waals surface area contributed by atoms with E-state index in [9.17, 15) is 18.8 Å². The molecule has 1 saturated heterocycles. The highest BCUT2D eigenvalue weighted by molar-refractivity contribution is 8.18. The maximum Gasteiger partial charge on any atom is 0.293 e. The van der Waals surface area contributed by atoms with Crippen molar-refractivity contribution in [2.24, 2.45) is 0 Å². The van der Waals surface area contributed by atoms with Crippen molar-refractivity contribution in [3.05, 3.63) is 76.4 Å². The van der Waals surface area contributed by atoms with Crippen molar-refractivity contribution in [1.82, 2.24) is 10.2 Å². The van der Waals surface area contributed by atoms with Gasteiger partial charge in [0.25, 0.3) is 11.1 Å². The Bertz CT molecular complexity index is 929. The summed E-state index contributed by atoms with van der Waals surface area (Å²) in [6.45, 7) is 2.22. The summed E-state index contributed by atoms with van der Waals surface area (Å²) < 4.78 is 13.0. The molecule has 0 bridgehead atoms. The first-order valence-corrected chi connectivity index (χ1v) is 10.1. The summed E-state index contributed by atoms with van der Waals surface area (Å²) in [4.78, 5) is 38.6. The van der Waals surface area contributed by atoms with Crippen LogP contribution in [0.1, 0.15) is 30.4 Å². The van der Waals surface area contributed by atoms with Gasteiger partial charge in [0.15, 0.2) is 0 Å². The largest absolute Gasteiger partial charge is 0.354 e. The van der Waals surface area contributed by atoms with E-state index in [4.69, 9.17) is 0 Å². The number of nitrogens with one attached hydrogen (secondary N) is 1. The van der Waals surface area contributed by atoms with Crippen LogP contribution in [-0.2, 0) is 9.59 Å². The van der Waals surface area contributed by atoms with E-state index in [1.807, 2.05) is 37.3 Å². The van der Waals surface area contributed by atoms with Gasteiger partial charge in [-0.25, -0.2) is 4.39 Å². The summed E-state index contributed by atoms with van der Waals surface area (Å²) in [5.41, 5.74) is 1.57. The van der Waals surface area contributed by atoms with Crippen molar-refractivity contribution < 1.29 is 18.8 Å². The minimum Gasteiger partial charge on any atom is -0.354 e. The molecule has 0 radical (unpaired) electrons. The van der Waals surface area contributed by atoms with Gasteiger partial charge in [-0.05, 0) is 47.5 Å². The molecule has 29 heavy (non-hydrogen) atoms. The Morgan fingerprint density at radius 2 is 1.83 bits per heavy atom. The molecule has 0 spiro atoms. The zero-order chi connectivity index (χ0) is 20.8. The summed E-state index contributed by atoms with van der Waals surface area (Å²) in [5.74, 6) is -1.18. The van der Waals surface area contributed by atoms with Crippen LogP contribution in [0.15, 0.2) is 59.5 Å². The van der Waals surface area contributed by atoms with Crippen LogP contribution in [0, 0.1) is 5.82 Å². The van der Waals surface area contributed by atoms with Gasteiger partial charge < -0.3 is 5.32 Å². The van der Waals surface area contributed by atoms with Gasteiger partial charge in [0.1, 0.15) is 5.82 Å². The molecule has 1 heterocycles. The SMILES string of the molecule is CCC(C(=O)NCCN1C(=O)SC(=Cc2ccc(F)cc2)C1=O)c1ccccc1. The molecule has 3 amide bonds. The number of hydrogen-bond donors (Lipinski definition) is 1. The summed E-state index contributed by atoms with van der Waals surface area (Å²) in [6, 6.07) is 15.2. The first-order valence-electron chi connectivity index (χ1n) is 9.33. The van der Waals surface area contributed by atoms with Gasteiger partial charge in [-0.1, -0.05) is 49.4 Å². The van der Waals surface area contributed by atoms with Crippen molar-refractivity contribution in [2.45, 2.75) is 19.3 Å². The molecular weight excluding hydrogens is 391 g/mol. The van der Waals surface area contributed by atoms with Crippen LogP contribution in [0.5, 0.6) is 0 Å². The normalized spacial score (nSPS) is 16.3. The smallest absolute Gasteiger partial charge is 0.293 e. The minimum atomic E-state index is -0.409. The molecule has 2 aromatic carbocycles. The lowest BCUT2D eigenvalue weighted by Crippen LogP contribution is -2.38. The highest BCUT2D eigenvalue weighted by Gasteiger charge is 2.34. The number of halogens is 1. The van der Waals surface area contributed by atoms with Crippen LogP contribution in [0.2, 0.25) is 0 Å². The highest BCUT2D eigenvalue weighted by atomic mass is 32.2. The van der Waals surface area contributed by atoms with Crippen LogP contribution >= 0.6 is 11.8 Å². The van der Waals surface area contributed by atoms with Crippen LogP contribution in [0.25, 0.3) is 6.08 Å². The Labute approximate surface area is 173 Å². The average Bonchev–Trinajstić information content (AvgIpc) is 2.98. The van der Waals surface area contributed by atoms with Gasteiger partial charge in [0, 0.05) is 13.1 Å². The van der Waals surface area contributed by atoms with Gasteiger partial charge in [0.2, 0.25) is 5.91 Å². The average molecular weight is 412 g/mol. The number of rotatable bonds is 7. The molecule has 1 atom stereocenters. The van der Waals surface area contributed by atoms with Crippen LogP contribution in [0.4, 0.5) is 9.18 Å². The zero-order valence-electron chi connectivity index (χ0n) is 15.9. The minimum absolute atomic E-state index is 0.0996. The molecule has 0 aromatic heterocycles. The third-order valence-corrected chi connectivity index (χ3v) is 5.51. The Morgan fingerprint density at radius 1 is 1.14 bits per heavy atom. The zero-order valence-corrected chi connectivity index (χ0v) is 16.7. The Hall–Kier alpha value is -2.93. The fourth-order valence-electron chi connectivity index (χ4n) is 3.08. The van der Waals surface area contributed by atoms with E-state index in [0.29, 0.717) is 12.0 Å². The predicted octanol–water partition coefficient (Wildman–Crippen LogP) is 4.17. The molecule has 0 saturated carbocycles. The van der Waals surface area contributed by atoms with Gasteiger partial charge in [0.05, 0.1) is 10.8 Å². The quantitative estimate of drug-likeness (QED) is 0.693. The number of carbonyl (C=O) groups excluding carboxylic acids is 3. The molecule has 1 N–H and O–H groups in total. The van der Waals surface area contributed by atoms with Crippen LogP contribution in [-0.4, -0.2) is 35.0 Å². The number of amides is 3. The molecule has 1 aliphatic heterocycles. The fourth-order valence-corrected chi connectivity index (χ4v) is 3.94. The first-order chi connectivity index (χ1) is 14.0. The van der Waals surface area contributed by atoms with Gasteiger partial charge in [-0.2, -0.15) is 0 Å². The van der Waals surface area contributed by atoms with E-state index < -0.39 is 5.91 Å². The maximum atomic E-state index is 13.0. The number of imide groups is 1. The second-order valence-corrected chi connectivity index (χ2v) is 7.54. The van der Waals surface area contributed by atoms with Crippen molar-refractivity contribution >= 4 is 34.9 Å². The number of thioether (sulfide) groups is 1. The van der Waals surface area contributed by atoms with Crippen LogP contribution in [0.3, 0.4) is 0 Å². The lowest BCUT2D eigenvalue weighted by molar-refractivity contribution is -0.125. The van der Waals surface area contributed by atoms with E-state index in [2.05, 4.69) is 5.32 Å². The Kier molecular flexibility index (Phi) is 6.82. The highest BCUT2D eigenvalue weighted by Crippen LogP contribution is 2.32. The third kappa shape index (κ3) is 5.12. The van der Waals surface area contributed by atoms with Gasteiger partial charge in [-0.3, -0.25) is 19.3 Å². The molecule has 7 heteroatoms. The van der Waals surface area contributed by atoms with E-state index in [1.54, 1.807) is 6.08 Å². The number of benzene rings is 2. The lowest BCUT2D eigenvalue weighted by Gasteiger charge is -2.17. The molecule has 0 aliphatic carbocycles. The van der Waals surface area contributed by atoms with E-state index in [-0.39, 0.29) is 40.9 Å². The van der Waals surface area contributed by atoms with E-state index in [1.165, 1.54) is 24.3 Å². The Balaban J connectivity index is 1.58. The lowest BCUT2D eigenvalue weighted by atomic mass is 9.96. The van der Waals surface area contributed by atoms with Gasteiger partial charge in [-0.15, -0.1) is 0 Å². The molecule has 2 aromatic rings. The van der Waals surface area contributed by atoms with Crippen molar-refractivity contribution in [3.63, 3.8) is 0 Å². The third-order valence-electron chi connectivity index (χ3n) is 4.60. The standard InChI is InChI=1S/C22H21FN2O3S/c1-2-18(16-6-4-3-5-7-16)20(26)24-12-13-25-21(27)19(29-22(25)28)14-15-8-10-17(23)11-9-15/h3-11,14,18H,2,12-13H2,1H3,(H,24,26). The second kappa shape index (κ2) is 9.52. The van der Waals surface area contributed by atoms with Crippen molar-refractivity contribution in [1.29, 1.82) is 0 Å². The topological polar surface area (TPSA) is 66.5 Å². The Morgan fingerprint density at radius 3 is 2.48 bits per heavy atom. The molecule has 1 fully saturated rings. The van der Waals surface area contributed by atoms with Crippen LogP contribution < -0.4 is 5.32 Å². The maximum absolute atomic E-state index is 13.0. The molecule has 1 unspecified atom stereocenters. The number of nitrogens with zero attached hydrogens (tertiary/aromatic N) is 1. The number of carbonyl (C=O) groups is 3. The molecule has 150 valence electrons. The summed E-state index contributed by atoms with van der Waals surface area (Å²) in [5, 5.41) is 2.43.